The Balaban J connectivity index is 1.54. The van der Waals surface area contributed by atoms with Gasteiger partial charge >= 0.3 is 11.8 Å². The number of carbonyl (C=O) groups excluding carboxylic acids is 3. The Morgan fingerprint density at radius 3 is 2.32 bits per heavy atom. The molecule has 0 saturated carbocycles. The van der Waals surface area contributed by atoms with E-state index in [1.54, 1.807) is 36.4 Å². The first-order valence-electron chi connectivity index (χ1n) is 11.9. The number of hydrazone groups is 1. The van der Waals surface area contributed by atoms with Gasteiger partial charge in [0.15, 0.2) is 18.1 Å². The fourth-order valence-corrected chi connectivity index (χ4v) is 3.28. The lowest BCUT2D eigenvalue weighted by molar-refractivity contribution is -0.136. The number of aryl methyl sites for hydroxylation is 2. The van der Waals surface area contributed by atoms with Gasteiger partial charge in [0.05, 0.1) is 12.8 Å². The van der Waals surface area contributed by atoms with Crippen LogP contribution < -0.4 is 25.5 Å². The van der Waals surface area contributed by atoms with Crippen molar-refractivity contribution in [2.75, 3.05) is 23.8 Å². The minimum atomic E-state index is -0.905. The maximum absolute atomic E-state index is 12.3. The summed E-state index contributed by atoms with van der Waals surface area (Å²) in [4.78, 5) is 36.4. The largest absolute Gasteiger partial charge is 0.490 e. The van der Waals surface area contributed by atoms with Gasteiger partial charge in [-0.3, -0.25) is 14.4 Å². The number of rotatable bonds is 10. The van der Waals surface area contributed by atoms with Crippen molar-refractivity contribution in [2.24, 2.45) is 5.10 Å². The molecule has 0 heterocycles. The van der Waals surface area contributed by atoms with Crippen molar-refractivity contribution < 1.29 is 23.9 Å². The molecular formula is C28H30N4O5. The number of benzene rings is 3. The molecule has 3 rings (SSSR count). The summed E-state index contributed by atoms with van der Waals surface area (Å²) in [5.41, 5.74) is 6.14. The Hall–Kier alpha value is -4.66. The maximum Gasteiger partial charge on any atom is 0.329 e. The number of carbonyl (C=O) groups is 3. The van der Waals surface area contributed by atoms with E-state index in [1.165, 1.54) is 11.8 Å². The van der Waals surface area contributed by atoms with Gasteiger partial charge in [-0.05, 0) is 79.4 Å². The third kappa shape index (κ3) is 8.50. The lowest BCUT2D eigenvalue weighted by atomic mass is 10.1. The molecule has 9 heteroatoms. The molecule has 0 bridgehead atoms. The van der Waals surface area contributed by atoms with Gasteiger partial charge in [0.2, 0.25) is 0 Å². The predicted molar refractivity (Wildman–Crippen MR) is 143 cm³/mol. The minimum Gasteiger partial charge on any atom is -0.490 e. The molecule has 192 valence electrons. The first-order chi connectivity index (χ1) is 17.9. The van der Waals surface area contributed by atoms with Gasteiger partial charge in [-0.2, -0.15) is 5.10 Å². The summed E-state index contributed by atoms with van der Waals surface area (Å²) in [5, 5.41) is 9.15. The lowest BCUT2D eigenvalue weighted by Gasteiger charge is -2.13. The summed E-state index contributed by atoms with van der Waals surface area (Å²) in [5.74, 6) is -1.24. The highest BCUT2D eigenvalue weighted by atomic mass is 16.5. The standard InChI is InChI=1S/C28H30N4O5/c1-4-20-9-12-22(13-10-20)30-26(33)18-37-24-14-11-21(16-25(24)36-5-2)17-29-32-28(35)27(34)31-23-8-6-7-19(3)15-23/h6-17H,4-5,18H2,1-3H3,(H,30,33)(H,31,34)(H,32,35)/b29-17-. The van der Waals surface area contributed by atoms with Gasteiger partial charge < -0.3 is 20.1 Å². The van der Waals surface area contributed by atoms with E-state index in [-0.39, 0.29) is 12.5 Å². The molecule has 0 radical (unpaired) electrons. The van der Waals surface area contributed by atoms with E-state index in [0.717, 1.165) is 12.0 Å². The van der Waals surface area contributed by atoms with Gasteiger partial charge in [-0.25, -0.2) is 5.43 Å². The van der Waals surface area contributed by atoms with Crippen LogP contribution in [0.25, 0.3) is 0 Å². The summed E-state index contributed by atoms with van der Waals surface area (Å²) >= 11 is 0. The molecule has 3 N–H and O–H groups in total. The third-order valence-corrected chi connectivity index (χ3v) is 5.13. The van der Waals surface area contributed by atoms with Crippen LogP contribution in [0.5, 0.6) is 11.5 Å². The SMILES string of the molecule is CCOc1cc(/C=N\NC(=O)C(=O)Nc2cccc(C)c2)ccc1OCC(=O)Nc1ccc(CC)cc1. The smallest absolute Gasteiger partial charge is 0.329 e. The molecule has 0 spiro atoms. The molecule has 0 unspecified atom stereocenters. The number of hydrogen-bond acceptors (Lipinski definition) is 6. The van der Waals surface area contributed by atoms with Crippen molar-refractivity contribution in [1.82, 2.24) is 5.43 Å². The zero-order chi connectivity index (χ0) is 26.6. The Morgan fingerprint density at radius 2 is 1.62 bits per heavy atom. The fourth-order valence-electron chi connectivity index (χ4n) is 3.28. The van der Waals surface area contributed by atoms with E-state index in [4.69, 9.17) is 9.47 Å². The number of hydrogen-bond donors (Lipinski definition) is 3. The predicted octanol–water partition coefficient (Wildman–Crippen LogP) is 4.06. The second-order valence-corrected chi connectivity index (χ2v) is 8.05. The van der Waals surface area contributed by atoms with Crippen molar-refractivity contribution in [3.05, 3.63) is 83.4 Å². The number of nitrogens with zero attached hydrogens (tertiary/aromatic N) is 1. The van der Waals surface area contributed by atoms with Gasteiger partial charge in [0.1, 0.15) is 0 Å². The molecule has 9 nitrogen and oxygen atoms in total. The topological polar surface area (TPSA) is 118 Å². The van der Waals surface area contributed by atoms with Crippen LogP contribution in [-0.4, -0.2) is 37.1 Å². The highest BCUT2D eigenvalue weighted by Crippen LogP contribution is 2.28. The van der Waals surface area contributed by atoms with Crippen molar-refractivity contribution in [1.29, 1.82) is 0 Å². The Labute approximate surface area is 215 Å². The normalized spacial score (nSPS) is 10.6. The lowest BCUT2D eigenvalue weighted by Crippen LogP contribution is -2.32. The van der Waals surface area contributed by atoms with Gasteiger partial charge in [0.25, 0.3) is 5.91 Å². The Kier molecular flexibility index (Phi) is 9.78. The second kappa shape index (κ2) is 13.4. The molecule has 37 heavy (non-hydrogen) atoms. The van der Waals surface area contributed by atoms with E-state index < -0.39 is 11.8 Å². The molecule has 0 atom stereocenters. The minimum absolute atomic E-state index is 0.199. The van der Waals surface area contributed by atoms with Gasteiger partial charge in [-0.15, -0.1) is 0 Å². The molecule has 0 aliphatic carbocycles. The molecule has 0 aliphatic heterocycles. The van der Waals surface area contributed by atoms with Crippen molar-refractivity contribution >= 4 is 35.3 Å². The molecule has 0 aliphatic rings. The monoisotopic (exact) mass is 502 g/mol. The Bertz CT molecular complexity index is 1270. The van der Waals surface area contributed by atoms with E-state index in [1.807, 2.05) is 44.2 Å². The van der Waals surface area contributed by atoms with Crippen molar-refractivity contribution in [2.45, 2.75) is 27.2 Å². The highest BCUT2D eigenvalue weighted by Gasteiger charge is 2.13. The zero-order valence-corrected chi connectivity index (χ0v) is 21.0. The van der Waals surface area contributed by atoms with Crippen LogP contribution in [-0.2, 0) is 20.8 Å². The van der Waals surface area contributed by atoms with E-state index in [2.05, 4.69) is 28.1 Å². The number of amides is 3. The van der Waals surface area contributed by atoms with Crippen molar-refractivity contribution in [3.63, 3.8) is 0 Å². The van der Waals surface area contributed by atoms with Crippen LogP contribution >= 0.6 is 0 Å². The maximum atomic E-state index is 12.3. The van der Waals surface area contributed by atoms with E-state index >= 15 is 0 Å². The molecule has 0 saturated heterocycles. The van der Waals surface area contributed by atoms with Gasteiger partial charge in [0, 0.05) is 11.4 Å². The van der Waals surface area contributed by atoms with Crippen LogP contribution in [0.2, 0.25) is 0 Å². The summed E-state index contributed by atoms with van der Waals surface area (Å²) in [7, 11) is 0. The van der Waals surface area contributed by atoms with E-state index in [9.17, 15) is 14.4 Å². The summed E-state index contributed by atoms with van der Waals surface area (Å²) < 4.78 is 11.3. The van der Waals surface area contributed by atoms with Crippen LogP contribution in [0.15, 0.2) is 71.8 Å². The first-order valence-corrected chi connectivity index (χ1v) is 11.9. The summed E-state index contributed by atoms with van der Waals surface area (Å²) in [6.45, 7) is 5.95. The fraction of sp³-hybridized carbons (Fsp3) is 0.214. The number of anilines is 2. The molecule has 0 fully saturated rings. The quantitative estimate of drug-likeness (QED) is 0.220. The molecule has 3 amide bonds. The van der Waals surface area contributed by atoms with Crippen molar-refractivity contribution in [3.8, 4) is 11.5 Å². The number of ether oxygens (including phenoxy) is 2. The third-order valence-electron chi connectivity index (χ3n) is 5.13. The van der Waals surface area contributed by atoms with Gasteiger partial charge in [-0.1, -0.05) is 31.2 Å². The molecular weight excluding hydrogens is 472 g/mol. The van der Waals surface area contributed by atoms with Crippen LogP contribution in [0, 0.1) is 6.92 Å². The highest BCUT2D eigenvalue weighted by molar-refractivity contribution is 6.39. The summed E-state index contributed by atoms with van der Waals surface area (Å²) in [6, 6.07) is 19.7. The second-order valence-electron chi connectivity index (χ2n) is 8.05. The van der Waals surface area contributed by atoms with Crippen LogP contribution in [0.3, 0.4) is 0 Å². The molecule has 0 aromatic heterocycles. The molecule has 3 aromatic rings. The average molecular weight is 503 g/mol. The number of nitrogens with one attached hydrogen (secondary N) is 3. The van der Waals surface area contributed by atoms with E-state index in [0.29, 0.717) is 35.0 Å². The first kappa shape index (κ1) is 26.9. The zero-order valence-electron chi connectivity index (χ0n) is 21.0. The Morgan fingerprint density at radius 1 is 0.838 bits per heavy atom. The molecule has 3 aromatic carbocycles. The average Bonchev–Trinajstić information content (AvgIpc) is 2.88. The summed E-state index contributed by atoms with van der Waals surface area (Å²) in [6.07, 6.45) is 2.30. The van der Waals surface area contributed by atoms with Crippen LogP contribution in [0.1, 0.15) is 30.5 Å². The van der Waals surface area contributed by atoms with Crippen LogP contribution in [0.4, 0.5) is 11.4 Å².